The summed E-state index contributed by atoms with van der Waals surface area (Å²) in [6.45, 7) is 7.15. The van der Waals surface area contributed by atoms with Gasteiger partial charge >= 0.3 is 0 Å². The first-order valence-electron chi connectivity index (χ1n) is 7.02. The van der Waals surface area contributed by atoms with Gasteiger partial charge in [-0.15, -0.1) is 12.4 Å². The molecule has 0 aliphatic carbocycles. The molecule has 0 aromatic heterocycles. The van der Waals surface area contributed by atoms with Crippen molar-refractivity contribution in [2.45, 2.75) is 25.9 Å². The average Bonchev–Trinajstić information content (AvgIpc) is 2.35. The molecule has 2 rings (SSSR count). The lowest BCUT2D eigenvalue weighted by Crippen LogP contribution is -2.43. The van der Waals surface area contributed by atoms with Gasteiger partial charge in [0.2, 0.25) is 0 Å². The van der Waals surface area contributed by atoms with Crippen LogP contribution >= 0.6 is 12.4 Å². The summed E-state index contributed by atoms with van der Waals surface area (Å²) in [5, 5.41) is 9.98. The Kier molecular flexibility index (Phi) is 6.76. The first-order chi connectivity index (χ1) is 9.04. The van der Waals surface area contributed by atoms with Crippen molar-refractivity contribution >= 4 is 12.4 Å². The van der Waals surface area contributed by atoms with E-state index in [0.717, 1.165) is 44.7 Å². The quantitative estimate of drug-likeness (QED) is 0.884. The molecule has 1 heterocycles. The van der Waals surface area contributed by atoms with Gasteiger partial charge in [-0.3, -0.25) is 4.90 Å². The van der Waals surface area contributed by atoms with Crippen molar-refractivity contribution in [3.8, 4) is 5.75 Å². The van der Waals surface area contributed by atoms with Crippen LogP contribution in [0.4, 0.5) is 0 Å². The van der Waals surface area contributed by atoms with Crippen molar-refractivity contribution in [1.29, 1.82) is 0 Å². The Morgan fingerprint density at radius 3 is 2.50 bits per heavy atom. The summed E-state index contributed by atoms with van der Waals surface area (Å²) in [6, 6.07) is 6.01. The Hall–Kier alpha value is -0.810. The van der Waals surface area contributed by atoms with E-state index in [1.807, 2.05) is 13.0 Å². The van der Waals surface area contributed by atoms with E-state index in [4.69, 9.17) is 5.73 Å². The molecule has 4 nitrogen and oxygen atoms in total. The van der Waals surface area contributed by atoms with E-state index >= 15 is 0 Å². The molecule has 0 radical (unpaired) electrons. The Bertz CT molecular complexity index is 418. The fourth-order valence-corrected chi connectivity index (χ4v) is 2.51. The number of rotatable bonds is 4. The number of likely N-dealkylation sites (N-methyl/N-ethyl adjacent to an activating group) is 1. The number of phenols is 1. The summed E-state index contributed by atoms with van der Waals surface area (Å²) in [5.41, 5.74) is 8.06. The van der Waals surface area contributed by atoms with E-state index in [0.29, 0.717) is 5.75 Å². The third-order valence-corrected chi connectivity index (χ3v) is 3.69. The van der Waals surface area contributed by atoms with Gasteiger partial charge in [-0.05, 0) is 32.0 Å². The zero-order chi connectivity index (χ0) is 13.8. The number of hydrogen-bond acceptors (Lipinski definition) is 4. The van der Waals surface area contributed by atoms with E-state index in [2.05, 4.69) is 22.9 Å². The van der Waals surface area contributed by atoms with Crippen LogP contribution in [0.25, 0.3) is 0 Å². The zero-order valence-corrected chi connectivity index (χ0v) is 13.2. The highest BCUT2D eigenvalue weighted by Gasteiger charge is 2.15. The van der Waals surface area contributed by atoms with Gasteiger partial charge in [0, 0.05) is 44.3 Å². The Labute approximate surface area is 128 Å². The lowest BCUT2D eigenvalue weighted by molar-refractivity contribution is 0.147. The molecular weight excluding hydrogens is 274 g/mol. The van der Waals surface area contributed by atoms with E-state index in [1.165, 1.54) is 5.56 Å². The van der Waals surface area contributed by atoms with Crippen LogP contribution < -0.4 is 5.73 Å². The van der Waals surface area contributed by atoms with E-state index in [9.17, 15) is 5.11 Å². The van der Waals surface area contributed by atoms with Crippen LogP contribution in [0.5, 0.6) is 5.75 Å². The molecule has 1 aliphatic heterocycles. The van der Waals surface area contributed by atoms with Crippen LogP contribution in [0, 0.1) is 0 Å². The first kappa shape index (κ1) is 17.2. The monoisotopic (exact) mass is 299 g/mol. The second-order valence-corrected chi connectivity index (χ2v) is 5.72. The molecule has 0 amide bonds. The lowest BCUT2D eigenvalue weighted by Gasteiger charge is -2.32. The number of halogens is 1. The molecule has 0 spiro atoms. The number of nitrogens with two attached hydrogens (primary N) is 1. The highest BCUT2D eigenvalue weighted by atomic mass is 35.5. The van der Waals surface area contributed by atoms with E-state index < -0.39 is 0 Å². The van der Waals surface area contributed by atoms with E-state index in [1.54, 1.807) is 6.07 Å². The topological polar surface area (TPSA) is 52.7 Å². The van der Waals surface area contributed by atoms with Gasteiger partial charge in [0.05, 0.1) is 0 Å². The van der Waals surface area contributed by atoms with E-state index in [-0.39, 0.29) is 18.4 Å². The summed E-state index contributed by atoms with van der Waals surface area (Å²) in [5.74, 6) is 0.396. The Balaban J connectivity index is 0.00000200. The molecule has 1 aromatic carbocycles. The molecule has 1 saturated heterocycles. The van der Waals surface area contributed by atoms with Crippen molar-refractivity contribution in [2.75, 3.05) is 33.2 Å². The standard InChI is InChI=1S/C15H25N3O.ClH/c1-12(16)9-13-3-4-15(19)14(10-13)11-18-7-5-17(2)6-8-18;/h3-4,10,12,19H,5-9,11,16H2,1-2H3;1H. The van der Waals surface area contributed by atoms with Gasteiger partial charge in [0.25, 0.3) is 0 Å². The number of phenolic OH excluding ortho intramolecular Hbond substituents is 1. The molecule has 1 atom stereocenters. The van der Waals surface area contributed by atoms with Crippen LogP contribution in [0.2, 0.25) is 0 Å². The molecule has 1 fully saturated rings. The maximum atomic E-state index is 9.98. The van der Waals surface area contributed by atoms with Crippen LogP contribution in [0.15, 0.2) is 18.2 Å². The largest absolute Gasteiger partial charge is 0.508 e. The number of benzene rings is 1. The molecule has 3 N–H and O–H groups in total. The highest BCUT2D eigenvalue weighted by molar-refractivity contribution is 5.85. The smallest absolute Gasteiger partial charge is 0.120 e. The van der Waals surface area contributed by atoms with Crippen molar-refractivity contribution < 1.29 is 5.11 Å². The van der Waals surface area contributed by atoms with Gasteiger partial charge in [0.1, 0.15) is 5.75 Å². The summed E-state index contributed by atoms with van der Waals surface area (Å²) in [6.07, 6.45) is 0.857. The van der Waals surface area contributed by atoms with Crippen molar-refractivity contribution in [2.24, 2.45) is 5.73 Å². The predicted octanol–water partition coefficient (Wildman–Crippen LogP) is 1.45. The second kappa shape index (κ2) is 7.84. The highest BCUT2D eigenvalue weighted by Crippen LogP contribution is 2.21. The van der Waals surface area contributed by atoms with Gasteiger partial charge in [0.15, 0.2) is 0 Å². The van der Waals surface area contributed by atoms with Crippen LogP contribution in [0.1, 0.15) is 18.1 Å². The maximum absolute atomic E-state index is 9.98. The van der Waals surface area contributed by atoms with Crippen molar-refractivity contribution in [3.05, 3.63) is 29.3 Å². The summed E-state index contributed by atoms with van der Waals surface area (Å²) < 4.78 is 0. The minimum atomic E-state index is 0. The number of piperazine rings is 1. The van der Waals surface area contributed by atoms with Crippen LogP contribution in [-0.4, -0.2) is 54.2 Å². The number of nitrogens with zero attached hydrogens (tertiary/aromatic N) is 2. The fraction of sp³-hybridized carbons (Fsp3) is 0.600. The molecule has 1 unspecified atom stereocenters. The minimum absolute atomic E-state index is 0. The third-order valence-electron chi connectivity index (χ3n) is 3.69. The van der Waals surface area contributed by atoms with Crippen LogP contribution in [0.3, 0.4) is 0 Å². The fourth-order valence-electron chi connectivity index (χ4n) is 2.51. The number of aromatic hydroxyl groups is 1. The molecule has 5 heteroatoms. The van der Waals surface area contributed by atoms with Gasteiger partial charge in [-0.25, -0.2) is 0 Å². The molecule has 1 aliphatic rings. The average molecular weight is 300 g/mol. The molecular formula is C15H26ClN3O. The number of hydrogen-bond donors (Lipinski definition) is 2. The summed E-state index contributed by atoms with van der Waals surface area (Å²) in [7, 11) is 2.15. The van der Waals surface area contributed by atoms with Gasteiger partial charge in [-0.2, -0.15) is 0 Å². The summed E-state index contributed by atoms with van der Waals surface area (Å²) >= 11 is 0. The summed E-state index contributed by atoms with van der Waals surface area (Å²) in [4.78, 5) is 4.73. The SMILES string of the molecule is CC(N)Cc1ccc(O)c(CN2CCN(C)CC2)c1.Cl. The van der Waals surface area contributed by atoms with Crippen molar-refractivity contribution in [3.63, 3.8) is 0 Å². The first-order valence-corrected chi connectivity index (χ1v) is 7.02. The molecule has 114 valence electrons. The molecule has 0 bridgehead atoms. The predicted molar refractivity (Wildman–Crippen MR) is 85.5 cm³/mol. The Morgan fingerprint density at radius 2 is 1.90 bits per heavy atom. The van der Waals surface area contributed by atoms with Crippen LogP contribution in [-0.2, 0) is 13.0 Å². The van der Waals surface area contributed by atoms with Gasteiger partial charge < -0.3 is 15.7 Å². The Morgan fingerprint density at radius 1 is 1.25 bits per heavy atom. The lowest BCUT2D eigenvalue weighted by atomic mass is 10.0. The van der Waals surface area contributed by atoms with Crippen molar-refractivity contribution in [1.82, 2.24) is 9.80 Å². The zero-order valence-electron chi connectivity index (χ0n) is 12.4. The maximum Gasteiger partial charge on any atom is 0.120 e. The normalized spacial score (nSPS) is 18.6. The molecule has 0 saturated carbocycles. The minimum Gasteiger partial charge on any atom is -0.508 e. The molecule has 1 aromatic rings. The van der Waals surface area contributed by atoms with Gasteiger partial charge in [-0.1, -0.05) is 12.1 Å². The molecule has 20 heavy (non-hydrogen) atoms. The third kappa shape index (κ3) is 4.94. The second-order valence-electron chi connectivity index (χ2n) is 5.72.